The maximum atomic E-state index is 12.5. The van der Waals surface area contributed by atoms with E-state index in [1.54, 1.807) is 43.5 Å². The normalized spacial score (nSPS) is 17.0. The quantitative estimate of drug-likeness (QED) is 0.640. The van der Waals surface area contributed by atoms with Crippen LogP contribution >= 0.6 is 11.6 Å². The van der Waals surface area contributed by atoms with E-state index in [2.05, 4.69) is 15.8 Å². The second kappa shape index (κ2) is 7.00. The largest absolute Gasteiger partial charge is 0.287 e. The van der Waals surface area contributed by atoms with E-state index < -0.39 is 17.9 Å². The van der Waals surface area contributed by atoms with Crippen LogP contribution in [0.25, 0.3) is 0 Å². The van der Waals surface area contributed by atoms with E-state index in [1.807, 2.05) is 0 Å². The molecule has 2 N–H and O–H groups in total. The minimum atomic E-state index is -0.830. The number of aromatic nitrogens is 1. The molecular weight excluding hydrogens is 344 g/mol. The molecule has 1 saturated heterocycles. The minimum absolute atomic E-state index is 0.0474. The van der Waals surface area contributed by atoms with Crippen LogP contribution in [0.15, 0.2) is 42.7 Å². The third-order valence-corrected chi connectivity index (χ3v) is 4.07. The highest BCUT2D eigenvalue weighted by molar-refractivity contribution is 6.31. The predicted molar refractivity (Wildman–Crippen MR) is 91.9 cm³/mol. The first-order valence-electron chi connectivity index (χ1n) is 7.56. The smallest absolute Gasteiger partial charge is 0.266 e. The molecule has 2 aromatic rings. The molecule has 1 aliphatic rings. The molecule has 0 unspecified atom stereocenters. The number of hydrazine groups is 1. The van der Waals surface area contributed by atoms with E-state index in [9.17, 15) is 14.4 Å². The second-order valence-corrected chi connectivity index (χ2v) is 6.03. The molecule has 8 heteroatoms. The average molecular weight is 359 g/mol. The number of halogens is 1. The highest BCUT2D eigenvalue weighted by Gasteiger charge is 2.40. The summed E-state index contributed by atoms with van der Waals surface area (Å²) in [6.45, 7) is 1.77. The summed E-state index contributed by atoms with van der Waals surface area (Å²) in [6.07, 6.45) is 2.91. The molecule has 0 spiro atoms. The number of nitrogens with one attached hydrogen (secondary N) is 2. The van der Waals surface area contributed by atoms with Crippen LogP contribution in [0.1, 0.15) is 22.3 Å². The molecule has 1 aromatic carbocycles. The molecule has 0 radical (unpaired) electrons. The topological polar surface area (TPSA) is 91.4 Å². The van der Waals surface area contributed by atoms with Gasteiger partial charge in [0, 0.05) is 17.4 Å². The van der Waals surface area contributed by atoms with Gasteiger partial charge in [-0.05, 0) is 42.8 Å². The Hall–Kier alpha value is -2.77. The fourth-order valence-corrected chi connectivity index (χ4v) is 2.82. The summed E-state index contributed by atoms with van der Waals surface area (Å²) in [6, 6.07) is 7.32. The van der Waals surface area contributed by atoms with Crippen molar-refractivity contribution in [1.29, 1.82) is 0 Å². The maximum absolute atomic E-state index is 12.5. The SMILES string of the molecule is Cc1cc(Cl)ccc1N1C(=O)C[C@@H](NNC(=O)c2cccnc2)C1=O. The Kier molecular flexibility index (Phi) is 4.78. The van der Waals surface area contributed by atoms with Gasteiger partial charge < -0.3 is 0 Å². The number of carbonyl (C=O) groups excluding carboxylic acids is 3. The first-order valence-corrected chi connectivity index (χ1v) is 7.94. The summed E-state index contributed by atoms with van der Waals surface area (Å²) in [5.41, 5.74) is 6.61. The molecule has 25 heavy (non-hydrogen) atoms. The van der Waals surface area contributed by atoms with Gasteiger partial charge in [-0.25, -0.2) is 10.3 Å². The molecule has 1 fully saturated rings. The Balaban J connectivity index is 1.70. The molecule has 3 rings (SSSR count). The van der Waals surface area contributed by atoms with Gasteiger partial charge in [0.15, 0.2) is 0 Å². The molecule has 128 valence electrons. The Morgan fingerprint density at radius 2 is 2.12 bits per heavy atom. The van der Waals surface area contributed by atoms with Gasteiger partial charge in [0.25, 0.3) is 11.8 Å². The third kappa shape index (κ3) is 3.52. The van der Waals surface area contributed by atoms with Crippen molar-refractivity contribution in [3.05, 3.63) is 58.9 Å². The summed E-state index contributed by atoms with van der Waals surface area (Å²) in [7, 11) is 0. The van der Waals surface area contributed by atoms with Crippen LogP contribution in [0, 0.1) is 6.92 Å². The van der Waals surface area contributed by atoms with Gasteiger partial charge >= 0.3 is 0 Å². The molecule has 1 atom stereocenters. The molecule has 1 aliphatic heterocycles. The van der Waals surface area contributed by atoms with Gasteiger partial charge in [-0.3, -0.25) is 24.8 Å². The van der Waals surface area contributed by atoms with Crippen molar-refractivity contribution in [2.45, 2.75) is 19.4 Å². The number of aryl methyl sites for hydroxylation is 1. The Morgan fingerprint density at radius 3 is 2.80 bits per heavy atom. The van der Waals surface area contributed by atoms with Crippen molar-refractivity contribution in [1.82, 2.24) is 15.8 Å². The molecule has 0 saturated carbocycles. The van der Waals surface area contributed by atoms with Crippen LogP contribution in [0.2, 0.25) is 5.02 Å². The van der Waals surface area contributed by atoms with Crippen molar-refractivity contribution < 1.29 is 14.4 Å². The number of amides is 3. The van der Waals surface area contributed by atoms with E-state index in [4.69, 9.17) is 11.6 Å². The number of benzene rings is 1. The molecule has 2 heterocycles. The van der Waals surface area contributed by atoms with Crippen LogP contribution in [0.5, 0.6) is 0 Å². The zero-order valence-corrected chi connectivity index (χ0v) is 14.1. The zero-order chi connectivity index (χ0) is 18.0. The number of nitrogens with zero attached hydrogens (tertiary/aromatic N) is 2. The molecule has 0 aliphatic carbocycles. The summed E-state index contributed by atoms with van der Waals surface area (Å²) >= 11 is 5.91. The lowest BCUT2D eigenvalue weighted by Gasteiger charge is -2.18. The second-order valence-electron chi connectivity index (χ2n) is 5.60. The summed E-state index contributed by atoms with van der Waals surface area (Å²) < 4.78 is 0. The lowest BCUT2D eigenvalue weighted by Crippen LogP contribution is -2.48. The highest BCUT2D eigenvalue weighted by atomic mass is 35.5. The molecule has 3 amide bonds. The molecule has 0 bridgehead atoms. The zero-order valence-electron chi connectivity index (χ0n) is 13.3. The van der Waals surface area contributed by atoms with Gasteiger partial charge in [0.1, 0.15) is 6.04 Å². The Bertz CT molecular complexity index is 841. The van der Waals surface area contributed by atoms with Gasteiger partial charge in [-0.2, -0.15) is 0 Å². The lowest BCUT2D eigenvalue weighted by molar-refractivity contribution is -0.121. The Morgan fingerprint density at radius 1 is 1.32 bits per heavy atom. The molecular formula is C17H15ClN4O3. The number of hydrogen-bond donors (Lipinski definition) is 2. The van der Waals surface area contributed by atoms with Crippen LogP contribution in [0.3, 0.4) is 0 Å². The number of rotatable bonds is 4. The number of pyridine rings is 1. The van der Waals surface area contributed by atoms with Crippen LogP contribution < -0.4 is 15.8 Å². The van der Waals surface area contributed by atoms with Gasteiger partial charge in [-0.15, -0.1) is 0 Å². The van der Waals surface area contributed by atoms with Gasteiger partial charge in [0.05, 0.1) is 17.7 Å². The van der Waals surface area contributed by atoms with Crippen LogP contribution in [-0.2, 0) is 9.59 Å². The van der Waals surface area contributed by atoms with Crippen molar-refractivity contribution in [2.24, 2.45) is 0 Å². The minimum Gasteiger partial charge on any atom is -0.287 e. The first kappa shape index (κ1) is 17.1. The van der Waals surface area contributed by atoms with Crippen LogP contribution in [-0.4, -0.2) is 28.7 Å². The molecule has 1 aromatic heterocycles. The van der Waals surface area contributed by atoms with Gasteiger partial charge in [0.2, 0.25) is 5.91 Å². The maximum Gasteiger partial charge on any atom is 0.266 e. The van der Waals surface area contributed by atoms with Crippen molar-refractivity contribution >= 4 is 35.0 Å². The third-order valence-electron chi connectivity index (χ3n) is 3.83. The van der Waals surface area contributed by atoms with E-state index in [0.717, 1.165) is 4.90 Å². The summed E-state index contributed by atoms with van der Waals surface area (Å²) in [5.74, 6) is -1.21. The average Bonchev–Trinajstić information content (AvgIpc) is 2.88. The summed E-state index contributed by atoms with van der Waals surface area (Å²) in [4.78, 5) is 41.8. The Labute approximate surface area is 149 Å². The van der Waals surface area contributed by atoms with Crippen molar-refractivity contribution in [3.63, 3.8) is 0 Å². The molecule has 7 nitrogen and oxygen atoms in total. The fraction of sp³-hybridized carbons (Fsp3) is 0.176. The van der Waals surface area contributed by atoms with E-state index in [-0.39, 0.29) is 12.3 Å². The first-order chi connectivity index (χ1) is 12.0. The highest BCUT2D eigenvalue weighted by Crippen LogP contribution is 2.28. The standard InChI is InChI=1S/C17H15ClN4O3/c1-10-7-12(18)4-5-14(10)22-15(23)8-13(17(22)25)20-21-16(24)11-3-2-6-19-9-11/h2-7,9,13,20H,8H2,1H3,(H,21,24)/t13-/m1/s1. The number of anilines is 1. The van der Waals surface area contributed by atoms with E-state index >= 15 is 0 Å². The summed E-state index contributed by atoms with van der Waals surface area (Å²) in [5, 5.41) is 0.527. The van der Waals surface area contributed by atoms with Crippen molar-refractivity contribution in [2.75, 3.05) is 4.90 Å². The predicted octanol–water partition coefficient (Wildman–Crippen LogP) is 1.61. The van der Waals surface area contributed by atoms with Gasteiger partial charge in [-0.1, -0.05) is 11.6 Å². The van der Waals surface area contributed by atoms with Crippen LogP contribution in [0.4, 0.5) is 5.69 Å². The monoisotopic (exact) mass is 358 g/mol. The van der Waals surface area contributed by atoms with E-state index in [0.29, 0.717) is 21.8 Å². The van der Waals surface area contributed by atoms with E-state index in [1.165, 1.54) is 6.20 Å². The number of imide groups is 1. The number of carbonyl (C=O) groups is 3. The fourth-order valence-electron chi connectivity index (χ4n) is 2.59. The number of hydrogen-bond acceptors (Lipinski definition) is 5. The lowest BCUT2D eigenvalue weighted by atomic mass is 10.2. The van der Waals surface area contributed by atoms with Crippen molar-refractivity contribution in [3.8, 4) is 0 Å².